The Morgan fingerprint density at radius 2 is 1.89 bits per heavy atom. The number of aromatic amines is 1. The lowest BCUT2D eigenvalue weighted by Gasteiger charge is -2.26. The van der Waals surface area contributed by atoms with Crippen LogP contribution in [0.3, 0.4) is 0 Å². The van der Waals surface area contributed by atoms with Gasteiger partial charge in [0.15, 0.2) is 0 Å². The molecule has 2 amide bonds. The van der Waals surface area contributed by atoms with Crippen LogP contribution in [0.25, 0.3) is 11.3 Å². The van der Waals surface area contributed by atoms with Gasteiger partial charge in [-0.3, -0.25) is 19.2 Å². The van der Waals surface area contributed by atoms with Gasteiger partial charge in [-0.05, 0) is 48.4 Å². The minimum atomic E-state index is -0.460. The van der Waals surface area contributed by atoms with E-state index < -0.39 is 17.5 Å². The van der Waals surface area contributed by atoms with Gasteiger partial charge in [-0.2, -0.15) is 0 Å². The van der Waals surface area contributed by atoms with Crippen molar-refractivity contribution in [3.63, 3.8) is 0 Å². The molecule has 28 heavy (non-hydrogen) atoms. The molecule has 9 nitrogen and oxygen atoms in total. The number of carbonyl (C=O) groups excluding carboxylic acids is 2. The number of ether oxygens (including phenoxy) is 1. The summed E-state index contributed by atoms with van der Waals surface area (Å²) in [7, 11) is 1.59. The summed E-state index contributed by atoms with van der Waals surface area (Å²) < 4.78 is 5.11. The van der Waals surface area contributed by atoms with E-state index in [4.69, 9.17) is 14.6 Å². The molecular formula is C19H19N3O6. The van der Waals surface area contributed by atoms with Crippen molar-refractivity contribution in [3.8, 4) is 17.0 Å². The molecule has 0 radical (unpaired) electrons. The monoisotopic (exact) mass is 385 g/mol. The van der Waals surface area contributed by atoms with Crippen molar-refractivity contribution >= 4 is 18.3 Å². The number of hydrogen-bond acceptors (Lipinski definition) is 5. The van der Waals surface area contributed by atoms with Gasteiger partial charge < -0.3 is 25.0 Å². The molecule has 9 heteroatoms. The molecule has 0 unspecified atom stereocenters. The molecule has 0 saturated carbocycles. The molecule has 4 rings (SSSR count). The van der Waals surface area contributed by atoms with E-state index in [0.717, 1.165) is 11.3 Å². The Bertz CT molecular complexity index is 953. The van der Waals surface area contributed by atoms with Crippen molar-refractivity contribution in [3.05, 3.63) is 52.3 Å². The first-order chi connectivity index (χ1) is 13.5. The SMILES string of the molecule is COc1ccc(-c2ccc(C(=O)N3C[C@@H]4C[C@H]3C(=O)N4)c(=O)[nH]2)cc1.O=CO. The first-order valence-corrected chi connectivity index (χ1v) is 8.55. The molecule has 2 saturated heterocycles. The fourth-order valence-corrected chi connectivity index (χ4v) is 3.45. The quantitative estimate of drug-likeness (QED) is 0.659. The number of aromatic nitrogens is 1. The van der Waals surface area contributed by atoms with Gasteiger partial charge in [0.1, 0.15) is 17.4 Å². The standard InChI is InChI=1S/C18H17N3O4.CH2O2/c1-25-12-4-2-10(3-5-12)14-7-6-13(16(22)20-14)18(24)21-9-11-8-15(21)17(23)19-11;2-1-3/h2-7,11,15H,8-9H2,1H3,(H,19,23)(H,20,22);1H,(H,2,3)/t11-,15-;/m0./s1. The Labute approximate surface area is 159 Å². The predicted octanol–water partition coefficient (Wildman–Crippen LogP) is 0.464. The lowest BCUT2D eigenvalue weighted by molar-refractivity contribution is -0.124. The van der Waals surface area contributed by atoms with Crippen LogP contribution < -0.4 is 15.6 Å². The fourth-order valence-electron chi connectivity index (χ4n) is 3.45. The number of benzene rings is 1. The third kappa shape index (κ3) is 3.59. The molecule has 2 fully saturated rings. The van der Waals surface area contributed by atoms with E-state index in [1.807, 2.05) is 12.1 Å². The van der Waals surface area contributed by atoms with Crippen LogP contribution in [-0.4, -0.2) is 59.0 Å². The van der Waals surface area contributed by atoms with Gasteiger partial charge in [-0.15, -0.1) is 0 Å². The Balaban J connectivity index is 0.000000706. The normalized spacial score (nSPS) is 19.5. The van der Waals surface area contributed by atoms with Crippen LogP contribution in [-0.2, 0) is 9.59 Å². The highest BCUT2D eigenvalue weighted by molar-refractivity contribution is 5.99. The molecular weight excluding hydrogens is 366 g/mol. The third-order valence-electron chi connectivity index (χ3n) is 4.75. The zero-order valence-electron chi connectivity index (χ0n) is 15.0. The molecule has 3 N–H and O–H groups in total. The van der Waals surface area contributed by atoms with Gasteiger partial charge in [-0.1, -0.05) is 0 Å². The van der Waals surface area contributed by atoms with Crippen molar-refractivity contribution in [1.29, 1.82) is 0 Å². The number of piperazine rings is 1. The number of rotatable bonds is 3. The molecule has 1 aromatic heterocycles. The van der Waals surface area contributed by atoms with Gasteiger partial charge >= 0.3 is 0 Å². The van der Waals surface area contributed by atoms with Gasteiger partial charge in [0.05, 0.1) is 7.11 Å². The first-order valence-electron chi connectivity index (χ1n) is 8.55. The highest BCUT2D eigenvalue weighted by Gasteiger charge is 2.46. The summed E-state index contributed by atoms with van der Waals surface area (Å²) >= 11 is 0. The van der Waals surface area contributed by atoms with E-state index in [-0.39, 0.29) is 24.0 Å². The summed E-state index contributed by atoms with van der Waals surface area (Å²) in [5, 5.41) is 9.70. The molecule has 2 aliphatic rings. The van der Waals surface area contributed by atoms with Crippen LogP contribution in [0.15, 0.2) is 41.2 Å². The van der Waals surface area contributed by atoms with Crippen molar-refractivity contribution < 1.29 is 24.2 Å². The fraction of sp³-hybridized carbons (Fsp3) is 0.263. The van der Waals surface area contributed by atoms with Crippen LogP contribution in [0.4, 0.5) is 0 Å². The van der Waals surface area contributed by atoms with Gasteiger partial charge in [0.2, 0.25) is 5.91 Å². The second-order valence-electron chi connectivity index (χ2n) is 6.36. The Morgan fingerprint density at radius 1 is 1.21 bits per heavy atom. The maximum atomic E-state index is 12.6. The molecule has 0 aliphatic carbocycles. The van der Waals surface area contributed by atoms with Crippen LogP contribution in [0.5, 0.6) is 5.75 Å². The van der Waals surface area contributed by atoms with E-state index >= 15 is 0 Å². The number of hydrogen-bond donors (Lipinski definition) is 3. The molecule has 0 spiro atoms. The lowest BCUT2D eigenvalue weighted by atomic mass is 10.1. The van der Waals surface area contributed by atoms with Crippen molar-refractivity contribution in [2.75, 3.05) is 13.7 Å². The topological polar surface area (TPSA) is 129 Å². The summed E-state index contributed by atoms with van der Waals surface area (Å²) in [5.41, 5.74) is 1.03. The number of nitrogens with one attached hydrogen (secondary N) is 2. The smallest absolute Gasteiger partial charge is 0.290 e. The minimum absolute atomic E-state index is 0.000830. The summed E-state index contributed by atoms with van der Waals surface area (Å²) in [6.45, 7) is 0.203. The molecule has 1 aromatic carbocycles. The Morgan fingerprint density at radius 3 is 2.43 bits per heavy atom. The maximum absolute atomic E-state index is 12.6. The van der Waals surface area contributed by atoms with Gasteiger partial charge in [0, 0.05) is 18.3 Å². The average Bonchev–Trinajstić information content (AvgIpc) is 3.27. The second kappa shape index (κ2) is 7.95. The molecule has 2 bridgehead atoms. The number of amides is 2. The van der Waals surface area contributed by atoms with E-state index in [0.29, 0.717) is 18.7 Å². The second-order valence-corrected chi connectivity index (χ2v) is 6.36. The minimum Gasteiger partial charge on any atom is -0.497 e. The third-order valence-corrected chi connectivity index (χ3v) is 4.75. The number of carboxylic acid groups (broad SMARTS) is 1. The number of H-pyrrole nitrogens is 1. The number of pyridine rings is 1. The highest BCUT2D eigenvalue weighted by atomic mass is 16.5. The Kier molecular flexibility index (Phi) is 5.44. The Hall–Kier alpha value is -3.62. The predicted molar refractivity (Wildman–Crippen MR) is 99.1 cm³/mol. The number of methoxy groups -OCH3 is 1. The highest BCUT2D eigenvalue weighted by Crippen LogP contribution is 2.26. The zero-order valence-corrected chi connectivity index (χ0v) is 15.0. The molecule has 2 aliphatic heterocycles. The van der Waals surface area contributed by atoms with Crippen molar-refractivity contribution in [1.82, 2.24) is 15.2 Å². The van der Waals surface area contributed by atoms with Crippen LogP contribution >= 0.6 is 0 Å². The number of carbonyl (C=O) groups is 3. The summed E-state index contributed by atoms with van der Waals surface area (Å²) in [5.74, 6) is 0.182. The van der Waals surface area contributed by atoms with Gasteiger partial charge in [0.25, 0.3) is 17.9 Å². The number of likely N-dealkylation sites (tertiary alicyclic amines) is 1. The van der Waals surface area contributed by atoms with Crippen LogP contribution in [0, 0.1) is 0 Å². The number of nitrogens with zero attached hydrogens (tertiary/aromatic N) is 1. The van der Waals surface area contributed by atoms with E-state index in [1.54, 1.807) is 25.3 Å². The average molecular weight is 385 g/mol. The van der Waals surface area contributed by atoms with Crippen LogP contribution in [0.1, 0.15) is 16.8 Å². The summed E-state index contributed by atoms with van der Waals surface area (Å²) in [6, 6.07) is 10.0. The van der Waals surface area contributed by atoms with E-state index in [1.165, 1.54) is 11.0 Å². The summed E-state index contributed by atoms with van der Waals surface area (Å²) in [6.07, 6.45) is 0.617. The first kappa shape index (κ1) is 19.2. The largest absolute Gasteiger partial charge is 0.497 e. The van der Waals surface area contributed by atoms with E-state index in [2.05, 4.69) is 10.3 Å². The molecule has 3 heterocycles. The molecule has 2 aromatic rings. The van der Waals surface area contributed by atoms with Gasteiger partial charge in [-0.25, -0.2) is 0 Å². The molecule has 146 valence electrons. The zero-order chi connectivity index (χ0) is 20.3. The van der Waals surface area contributed by atoms with Crippen molar-refractivity contribution in [2.24, 2.45) is 0 Å². The molecule has 2 atom stereocenters. The number of fused-ring (bicyclic) bond motifs is 2. The summed E-state index contributed by atoms with van der Waals surface area (Å²) in [4.78, 5) is 49.4. The van der Waals surface area contributed by atoms with E-state index in [9.17, 15) is 14.4 Å². The van der Waals surface area contributed by atoms with Crippen LogP contribution in [0.2, 0.25) is 0 Å². The lowest BCUT2D eigenvalue weighted by Crippen LogP contribution is -2.51. The van der Waals surface area contributed by atoms with Crippen molar-refractivity contribution in [2.45, 2.75) is 18.5 Å². The maximum Gasteiger partial charge on any atom is 0.290 e.